The van der Waals surface area contributed by atoms with Crippen LogP contribution in [0, 0.1) is 22.7 Å². The summed E-state index contributed by atoms with van der Waals surface area (Å²) >= 11 is 1.29. The van der Waals surface area contributed by atoms with Crippen molar-refractivity contribution in [3.8, 4) is 12.1 Å². The molecule has 6 heteroatoms. The first kappa shape index (κ1) is 14.6. The van der Waals surface area contributed by atoms with Gasteiger partial charge >= 0.3 is 0 Å². The van der Waals surface area contributed by atoms with Gasteiger partial charge in [-0.3, -0.25) is 4.79 Å². The second-order valence-corrected chi connectivity index (χ2v) is 4.33. The van der Waals surface area contributed by atoms with Crippen molar-refractivity contribution in [2.24, 2.45) is 0 Å². The summed E-state index contributed by atoms with van der Waals surface area (Å²) < 4.78 is 0. The molecule has 0 aliphatic carbocycles. The molecule has 1 aromatic carbocycles. The zero-order valence-corrected chi connectivity index (χ0v) is 11.3. The van der Waals surface area contributed by atoms with Crippen LogP contribution in [0.1, 0.15) is 6.92 Å². The predicted molar refractivity (Wildman–Crippen MR) is 76.1 cm³/mol. The van der Waals surface area contributed by atoms with E-state index < -0.39 is 0 Å². The standard InChI is InChI=1S/C13H12N4OS/c1-9(18)16-11-3-5-12(6-4-11)17-13(19-2)10(7-14)8-15/h3-6,17H,1-2H3,(H,16,18). The number of allylic oxidation sites excluding steroid dienone is 1. The first-order chi connectivity index (χ1) is 9.10. The number of rotatable bonds is 4. The maximum absolute atomic E-state index is 10.9. The fourth-order valence-electron chi connectivity index (χ4n) is 1.31. The Morgan fingerprint density at radius 3 is 1.95 bits per heavy atom. The normalized spacial score (nSPS) is 8.84. The maximum Gasteiger partial charge on any atom is 0.221 e. The Kier molecular flexibility index (Phi) is 5.46. The van der Waals surface area contributed by atoms with E-state index in [9.17, 15) is 4.79 Å². The molecule has 0 unspecified atom stereocenters. The molecule has 0 spiro atoms. The Morgan fingerprint density at radius 1 is 1.11 bits per heavy atom. The molecule has 0 saturated heterocycles. The molecule has 0 fully saturated rings. The average molecular weight is 272 g/mol. The van der Waals surface area contributed by atoms with Crippen LogP contribution < -0.4 is 10.6 Å². The highest BCUT2D eigenvalue weighted by Gasteiger charge is 2.05. The predicted octanol–water partition coefficient (Wildman–Crippen LogP) is 2.68. The molecule has 0 atom stereocenters. The quantitative estimate of drug-likeness (QED) is 0.822. The summed E-state index contributed by atoms with van der Waals surface area (Å²) in [5.41, 5.74) is 1.47. The van der Waals surface area contributed by atoms with E-state index in [0.717, 1.165) is 5.69 Å². The molecular weight excluding hydrogens is 260 g/mol. The van der Waals surface area contributed by atoms with Gasteiger partial charge in [-0.05, 0) is 30.5 Å². The Balaban J connectivity index is 2.89. The number of hydrogen-bond acceptors (Lipinski definition) is 5. The van der Waals surface area contributed by atoms with E-state index in [1.807, 2.05) is 12.1 Å². The highest BCUT2D eigenvalue weighted by atomic mass is 32.2. The molecule has 2 N–H and O–H groups in total. The van der Waals surface area contributed by atoms with Gasteiger partial charge in [0.05, 0.1) is 0 Å². The van der Waals surface area contributed by atoms with Gasteiger partial charge in [0, 0.05) is 18.3 Å². The van der Waals surface area contributed by atoms with Crippen LogP contribution >= 0.6 is 11.8 Å². The lowest BCUT2D eigenvalue weighted by atomic mass is 10.2. The third-order valence-electron chi connectivity index (χ3n) is 2.12. The van der Waals surface area contributed by atoms with Crippen LogP contribution in [0.4, 0.5) is 11.4 Å². The van der Waals surface area contributed by atoms with Crippen LogP contribution in [0.5, 0.6) is 0 Å². The minimum absolute atomic E-state index is 0.0402. The molecule has 0 radical (unpaired) electrons. The van der Waals surface area contributed by atoms with Crippen LogP contribution in [0.3, 0.4) is 0 Å². The number of nitrogens with one attached hydrogen (secondary N) is 2. The van der Waals surface area contributed by atoms with Gasteiger partial charge in [0.1, 0.15) is 17.2 Å². The fourth-order valence-corrected chi connectivity index (χ4v) is 1.83. The lowest BCUT2D eigenvalue weighted by Crippen LogP contribution is -2.05. The molecule has 0 heterocycles. The first-order valence-corrected chi connectivity index (χ1v) is 6.56. The molecule has 0 saturated carbocycles. The minimum atomic E-state index is -0.137. The van der Waals surface area contributed by atoms with Gasteiger partial charge in [-0.15, -0.1) is 11.8 Å². The number of thioether (sulfide) groups is 1. The van der Waals surface area contributed by atoms with Gasteiger partial charge in [0.15, 0.2) is 5.57 Å². The van der Waals surface area contributed by atoms with Gasteiger partial charge < -0.3 is 10.6 Å². The van der Waals surface area contributed by atoms with Crippen LogP contribution in [0.25, 0.3) is 0 Å². The van der Waals surface area contributed by atoms with Gasteiger partial charge in [-0.2, -0.15) is 10.5 Å². The van der Waals surface area contributed by atoms with E-state index in [-0.39, 0.29) is 11.5 Å². The lowest BCUT2D eigenvalue weighted by Gasteiger charge is -2.09. The smallest absolute Gasteiger partial charge is 0.221 e. The highest BCUT2D eigenvalue weighted by Crippen LogP contribution is 2.21. The van der Waals surface area contributed by atoms with E-state index in [0.29, 0.717) is 10.7 Å². The molecule has 0 aliphatic rings. The van der Waals surface area contributed by atoms with Crippen LogP contribution in [0.2, 0.25) is 0 Å². The SMILES string of the molecule is CSC(Nc1ccc(NC(C)=O)cc1)=C(C#N)C#N. The van der Waals surface area contributed by atoms with Crippen molar-refractivity contribution in [1.29, 1.82) is 10.5 Å². The third-order valence-corrected chi connectivity index (χ3v) is 2.83. The van der Waals surface area contributed by atoms with Crippen molar-refractivity contribution < 1.29 is 4.79 Å². The summed E-state index contributed by atoms with van der Waals surface area (Å²) in [5.74, 6) is -0.137. The summed E-state index contributed by atoms with van der Waals surface area (Å²) in [7, 11) is 0. The molecule has 0 bridgehead atoms. The number of amides is 1. The number of carbonyl (C=O) groups excluding carboxylic acids is 1. The van der Waals surface area contributed by atoms with Gasteiger partial charge in [-0.1, -0.05) is 0 Å². The zero-order valence-electron chi connectivity index (χ0n) is 10.5. The summed E-state index contributed by atoms with van der Waals surface area (Å²) in [6, 6.07) is 10.7. The Hall–Kier alpha value is -2.44. The van der Waals surface area contributed by atoms with Crippen molar-refractivity contribution in [2.75, 3.05) is 16.9 Å². The van der Waals surface area contributed by atoms with Crippen LogP contribution in [-0.4, -0.2) is 12.2 Å². The molecule has 0 aromatic heterocycles. The van der Waals surface area contributed by atoms with E-state index in [1.165, 1.54) is 18.7 Å². The largest absolute Gasteiger partial charge is 0.349 e. The Morgan fingerprint density at radius 2 is 1.58 bits per heavy atom. The van der Waals surface area contributed by atoms with E-state index in [4.69, 9.17) is 10.5 Å². The highest BCUT2D eigenvalue weighted by molar-refractivity contribution is 8.02. The molecule has 1 aromatic rings. The zero-order chi connectivity index (χ0) is 14.3. The third kappa shape index (κ3) is 4.38. The second-order valence-electron chi connectivity index (χ2n) is 3.52. The van der Waals surface area contributed by atoms with Gasteiger partial charge in [-0.25, -0.2) is 0 Å². The summed E-state index contributed by atoms with van der Waals surface area (Å²) in [6.45, 7) is 1.44. The van der Waals surface area contributed by atoms with Crippen molar-refractivity contribution in [3.05, 3.63) is 34.9 Å². The molecule has 1 amide bonds. The number of benzene rings is 1. The van der Waals surface area contributed by atoms with Crippen molar-refractivity contribution in [3.63, 3.8) is 0 Å². The summed E-state index contributed by atoms with van der Waals surface area (Å²) in [5, 5.41) is 23.8. The summed E-state index contributed by atoms with van der Waals surface area (Å²) in [4.78, 5) is 10.9. The number of hydrogen-bond donors (Lipinski definition) is 2. The molecule has 0 aliphatic heterocycles. The average Bonchev–Trinajstić information content (AvgIpc) is 2.40. The number of carbonyl (C=O) groups is 1. The van der Waals surface area contributed by atoms with Crippen molar-refractivity contribution in [2.45, 2.75) is 6.92 Å². The second kappa shape index (κ2) is 7.10. The molecule has 19 heavy (non-hydrogen) atoms. The topological polar surface area (TPSA) is 88.7 Å². The summed E-state index contributed by atoms with van der Waals surface area (Å²) in [6.07, 6.45) is 1.78. The van der Waals surface area contributed by atoms with E-state index in [2.05, 4.69) is 10.6 Å². The Bertz CT molecular complexity index is 562. The van der Waals surface area contributed by atoms with Crippen molar-refractivity contribution >= 4 is 29.0 Å². The van der Waals surface area contributed by atoms with E-state index in [1.54, 1.807) is 30.5 Å². The number of anilines is 2. The number of nitrogens with zero attached hydrogens (tertiary/aromatic N) is 2. The molecule has 5 nitrogen and oxygen atoms in total. The first-order valence-electron chi connectivity index (χ1n) is 5.34. The molecule has 96 valence electrons. The molecule has 1 rings (SSSR count). The van der Waals surface area contributed by atoms with Gasteiger partial charge in [0.2, 0.25) is 5.91 Å². The monoisotopic (exact) mass is 272 g/mol. The Labute approximate surface area is 115 Å². The van der Waals surface area contributed by atoms with Crippen LogP contribution in [-0.2, 0) is 4.79 Å². The van der Waals surface area contributed by atoms with Crippen LogP contribution in [0.15, 0.2) is 34.9 Å². The maximum atomic E-state index is 10.9. The molecular formula is C13H12N4OS. The van der Waals surface area contributed by atoms with Crippen molar-refractivity contribution in [1.82, 2.24) is 0 Å². The number of nitriles is 2. The lowest BCUT2D eigenvalue weighted by molar-refractivity contribution is -0.114. The minimum Gasteiger partial charge on any atom is -0.349 e. The fraction of sp³-hybridized carbons (Fsp3) is 0.154. The van der Waals surface area contributed by atoms with Gasteiger partial charge in [0.25, 0.3) is 0 Å². The van der Waals surface area contributed by atoms with E-state index >= 15 is 0 Å².